The number of esters is 1. The first-order chi connectivity index (χ1) is 12.1. The van der Waals surface area contributed by atoms with Crippen LogP contribution in [0.4, 0.5) is 0 Å². The van der Waals surface area contributed by atoms with E-state index in [-0.39, 0.29) is 38.3 Å². The molecule has 1 aromatic carbocycles. The third-order valence-electron chi connectivity index (χ3n) is 3.70. The molecular weight excluding hydrogens is 326 g/mol. The van der Waals surface area contributed by atoms with E-state index in [1.807, 2.05) is 30.3 Å². The summed E-state index contributed by atoms with van der Waals surface area (Å²) in [4.78, 5) is 50.6. The van der Waals surface area contributed by atoms with Crippen LogP contribution in [0.25, 0.3) is 0 Å². The van der Waals surface area contributed by atoms with Crippen molar-refractivity contribution in [1.29, 1.82) is 0 Å². The molecule has 1 fully saturated rings. The predicted octanol–water partition coefficient (Wildman–Crippen LogP) is 2.29. The minimum Gasteiger partial charge on any atom is -0.461 e. The number of carbonyl (C=O) groups excluding carboxylic acids is 4. The molecule has 2 amide bonds. The smallest absolute Gasteiger partial charge is 0.333 e. The van der Waals surface area contributed by atoms with Gasteiger partial charge in [-0.25, -0.2) is 4.79 Å². The molecule has 0 spiro atoms. The fourth-order valence-electron chi connectivity index (χ4n) is 2.33. The molecule has 7 heteroatoms. The summed E-state index contributed by atoms with van der Waals surface area (Å²) in [6.45, 7) is 0.254. The zero-order chi connectivity index (χ0) is 18.1. The van der Waals surface area contributed by atoms with Crippen LogP contribution in [0, 0.1) is 0 Å². The third kappa shape index (κ3) is 6.37. The lowest BCUT2D eigenvalue weighted by atomic mass is 10.1. The van der Waals surface area contributed by atoms with Crippen LogP contribution in [-0.4, -0.2) is 28.8 Å². The summed E-state index contributed by atoms with van der Waals surface area (Å²) >= 11 is 0. The van der Waals surface area contributed by atoms with Gasteiger partial charge in [0.15, 0.2) is 0 Å². The van der Waals surface area contributed by atoms with E-state index in [9.17, 15) is 19.2 Å². The number of hydrogen-bond donors (Lipinski definition) is 0. The molecule has 134 valence electrons. The molecular formula is C18H21NO6. The lowest BCUT2D eigenvalue weighted by Crippen LogP contribution is -2.31. The Kier molecular flexibility index (Phi) is 7.13. The first kappa shape index (κ1) is 18.6. The van der Waals surface area contributed by atoms with Gasteiger partial charge in [-0.2, -0.15) is 0 Å². The Bertz CT molecular complexity index is 612. The van der Waals surface area contributed by atoms with Crippen molar-refractivity contribution in [2.75, 3.05) is 0 Å². The quantitative estimate of drug-likeness (QED) is 0.387. The van der Waals surface area contributed by atoms with E-state index in [4.69, 9.17) is 9.57 Å². The fourth-order valence-corrected chi connectivity index (χ4v) is 2.33. The summed E-state index contributed by atoms with van der Waals surface area (Å²) in [5.74, 6) is -1.87. The lowest BCUT2D eigenvalue weighted by molar-refractivity contribution is -0.197. The van der Waals surface area contributed by atoms with Crippen LogP contribution in [0.5, 0.6) is 0 Å². The Morgan fingerprint density at radius 1 is 0.880 bits per heavy atom. The van der Waals surface area contributed by atoms with Gasteiger partial charge >= 0.3 is 11.9 Å². The maximum atomic E-state index is 11.6. The number of imide groups is 1. The number of nitrogens with zero attached hydrogens (tertiary/aromatic N) is 1. The zero-order valence-electron chi connectivity index (χ0n) is 13.9. The molecule has 7 nitrogen and oxygen atoms in total. The SMILES string of the molecule is O=C(CCCCCC(=O)ON1C(=O)CCC1=O)OCc1ccccc1. The van der Waals surface area contributed by atoms with Crippen LogP contribution in [-0.2, 0) is 35.4 Å². The molecule has 0 saturated carbocycles. The second-order valence-corrected chi connectivity index (χ2v) is 5.75. The average Bonchev–Trinajstić information content (AvgIpc) is 2.92. The molecule has 0 N–H and O–H groups in total. The van der Waals surface area contributed by atoms with Crippen molar-refractivity contribution in [2.45, 2.75) is 51.6 Å². The number of hydroxylamine groups is 2. The zero-order valence-corrected chi connectivity index (χ0v) is 13.9. The number of benzene rings is 1. The summed E-state index contributed by atoms with van der Waals surface area (Å²) in [6, 6.07) is 9.42. The molecule has 1 aliphatic rings. The van der Waals surface area contributed by atoms with Gasteiger partial charge < -0.3 is 9.57 Å². The van der Waals surface area contributed by atoms with Crippen molar-refractivity contribution in [3.63, 3.8) is 0 Å². The highest BCUT2D eigenvalue weighted by molar-refractivity contribution is 6.01. The van der Waals surface area contributed by atoms with E-state index >= 15 is 0 Å². The van der Waals surface area contributed by atoms with Gasteiger partial charge in [-0.1, -0.05) is 36.8 Å². The fraction of sp³-hybridized carbons (Fsp3) is 0.444. The van der Waals surface area contributed by atoms with E-state index in [2.05, 4.69) is 0 Å². The number of hydrogen-bond acceptors (Lipinski definition) is 6. The van der Waals surface area contributed by atoms with Crippen molar-refractivity contribution in [3.05, 3.63) is 35.9 Å². The van der Waals surface area contributed by atoms with Crippen molar-refractivity contribution >= 4 is 23.8 Å². The topological polar surface area (TPSA) is 90.0 Å². The van der Waals surface area contributed by atoms with Gasteiger partial charge in [0.1, 0.15) is 6.61 Å². The number of amides is 2. The Hall–Kier alpha value is -2.70. The van der Waals surface area contributed by atoms with Crippen molar-refractivity contribution < 1.29 is 28.8 Å². The van der Waals surface area contributed by atoms with Crippen LogP contribution in [0.15, 0.2) is 30.3 Å². The number of ether oxygens (including phenoxy) is 1. The molecule has 2 rings (SSSR count). The first-order valence-electron chi connectivity index (χ1n) is 8.32. The maximum Gasteiger partial charge on any atom is 0.333 e. The highest BCUT2D eigenvalue weighted by Gasteiger charge is 2.32. The number of unbranched alkanes of at least 4 members (excludes halogenated alkanes) is 2. The number of rotatable bonds is 9. The van der Waals surface area contributed by atoms with E-state index in [0.29, 0.717) is 24.3 Å². The van der Waals surface area contributed by atoms with Crippen molar-refractivity contribution in [1.82, 2.24) is 5.06 Å². The van der Waals surface area contributed by atoms with Gasteiger partial charge in [-0.15, -0.1) is 5.06 Å². The molecule has 0 unspecified atom stereocenters. The minimum absolute atomic E-state index is 0.0806. The normalized spacial score (nSPS) is 13.8. The van der Waals surface area contributed by atoms with E-state index in [1.54, 1.807) is 0 Å². The van der Waals surface area contributed by atoms with E-state index < -0.39 is 17.8 Å². The second kappa shape index (κ2) is 9.56. The second-order valence-electron chi connectivity index (χ2n) is 5.75. The molecule has 1 aromatic rings. The van der Waals surface area contributed by atoms with Crippen LogP contribution in [0.1, 0.15) is 50.5 Å². The molecule has 0 bridgehead atoms. The molecule has 0 radical (unpaired) electrons. The summed E-state index contributed by atoms with van der Waals surface area (Å²) in [6.07, 6.45) is 2.30. The van der Waals surface area contributed by atoms with Gasteiger partial charge in [0, 0.05) is 25.7 Å². The maximum absolute atomic E-state index is 11.6. The summed E-state index contributed by atoms with van der Waals surface area (Å²) in [7, 11) is 0. The van der Waals surface area contributed by atoms with Crippen LogP contribution >= 0.6 is 0 Å². The molecule has 1 saturated heterocycles. The highest BCUT2D eigenvalue weighted by atomic mass is 16.7. The van der Waals surface area contributed by atoms with Gasteiger partial charge in [-0.3, -0.25) is 14.4 Å². The highest BCUT2D eigenvalue weighted by Crippen LogP contribution is 2.14. The Labute approximate surface area is 145 Å². The van der Waals surface area contributed by atoms with Crippen LogP contribution in [0.2, 0.25) is 0 Å². The molecule has 0 atom stereocenters. The summed E-state index contributed by atoms with van der Waals surface area (Å²) in [5.41, 5.74) is 0.935. The predicted molar refractivity (Wildman–Crippen MR) is 86.5 cm³/mol. The van der Waals surface area contributed by atoms with E-state index in [1.165, 1.54) is 0 Å². The van der Waals surface area contributed by atoms with Gasteiger partial charge in [0.25, 0.3) is 11.8 Å². The Morgan fingerprint density at radius 3 is 2.12 bits per heavy atom. The monoisotopic (exact) mass is 347 g/mol. The molecule has 1 aliphatic heterocycles. The van der Waals surface area contributed by atoms with Gasteiger partial charge in [-0.05, 0) is 18.4 Å². The minimum atomic E-state index is -0.616. The standard InChI is InChI=1S/C18H21NO6/c20-15-11-12-16(21)19(15)25-18(23)10-6-2-5-9-17(22)24-13-14-7-3-1-4-8-14/h1,3-4,7-8H,2,5-6,9-13H2. The molecule has 25 heavy (non-hydrogen) atoms. The third-order valence-corrected chi connectivity index (χ3v) is 3.70. The summed E-state index contributed by atoms with van der Waals surface area (Å²) in [5, 5.41) is 0.545. The van der Waals surface area contributed by atoms with Crippen molar-refractivity contribution in [2.24, 2.45) is 0 Å². The van der Waals surface area contributed by atoms with Crippen LogP contribution < -0.4 is 0 Å². The van der Waals surface area contributed by atoms with Gasteiger partial charge in [0.2, 0.25) is 0 Å². The van der Waals surface area contributed by atoms with Gasteiger partial charge in [0.05, 0.1) is 0 Å². The van der Waals surface area contributed by atoms with Crippen molar-refractivity contribution in [3.8, 4) is 0 Å². The molecule has 1 heterocycles. The van der Waals surface area contributed by atoms with Crippen LogP contribution in [0.3, 0.4) is 0 Å². The average molecular weight is 347 g/mol. The molecule has 0 aromatic heterocycles. The van der Waals surface area contributed by atoms with E-state index in [0.717, 1.165) is 5.56 Å². The largest absolute Gasteiger partial charge is 0.461 e. The molecule has 0 aliphatic carbocycles. The Balaban J connectivity index is 1.52. The number of carbonyl (C=O) groups is 4. The lowest BCUT2D eigenvalue weighted by Gasteiger charge is -2.12. The first-order valence-corrected chi connectivity index (χ1v) is 8.32. The summed E-state index contributed by atoms with van der Waals surface area (Å²) < 4.78 is 5.16. The Morgan fingerprint density at radius 2 is 1.48 bits per heavy atom.